The molecule has 1 aliphatic rings. The SMILES string of the molecule is CCOC(=O)CCC1CNc2cc(N)cnc2C1. The first-order valence-corrected chi connectivity index (χ1v) is 6.33. The van der Waals surface area contributed by atoms with Crippen molar-refractivity contribution in [2.24, 2.45) is 5.92 Å². The fourth-order valence-corrected chi connectivity index (χ4v) is 2.18. The second kappa shape index (κ2) is 5.71. The van der Waals surface area contributed by atoms with Crippen molar-refractivity contribution in [3.8, 4) is 0 Å². The zero-order chi connectivity index (χ0) is 13.0. The van der Waals surface area contributed by atoms with Crippen molar-refractivity contribution in [1.29, 1.82) is 0 Å². The van der Waals surface area contributed by atoms with E-state index in [9.17, 15) is 4.79 Å². The lowest BCUT2D eigenvalue weighted by molar-refractivity contribution is -0.143. The van der Waals surface area contributed by atoms with Crippen molar-refractivity contribution >= 4 is 17.3 Å². The summed E-state index contributed by atoms with van der Waals surface area (Å²) in [5.41, 5.74) is 8.40. The van der Waals surface area contributed by atoms with E-state index in [2.05, 4.69) is 10.3 Å². The lowest BCUT2D eigenvalue weighted by Crippen LogP contribution is -2.25. The number of carbonyl (C=O) groups is 1. The average Bonchev–Trinajstić information content (AvgIpc) is 2.36. The van der Waals surface area contributed by atoms with Gasteiger partial charge in [0.15, 0.2) is 0 Å². The minimum atomic E-state index is -0.117. The van der Waals surface area contributed by atoms with Crippen LogP contribution in [0, 0.1) is 5.92 Å². The maximum atomic E-state index is 11.3. The number of nitrogens with one attached hydrogen (secondary N) is 1. The second-order valence-corrected chi connectivity index (χ2v) is 4.56. The first kappa shape index (κ1) is 12.7. The highest BCUT2D eigenvalue weighted by molar-refractivity contribution is 5.69. The fraction of sp³-hybridized carbons (Fsp3) is 0.538. The van der Waals surface area contributed by atoms with Gasteiger partial charge in [-0.2, -0.15) is 0 Å². The van der Waals surface area contributed by atoms with Gasteiger partial charge in [0.2, 0.25) is 0 Å². The topological polar surface area (TPSA) is 77.2 Å². The Hall–Kier alpha value is -1.78. The van der Waals surface area contributed by atoms with Gasteiger partial charge in [0, 0.05) is 13.0 Å². The van der Waals surface area contributed by atoms with Crippen molar-refractivity contribution in [3.63, 3.8) is 0 Å². The van der Waals surface area contributed by atoms with Crippen molar-refractivity contribution in [2.45, 2.75) is 26.2 Å². The van der Waals surface area contributed by atoms with Crippen molar-refractivity contribution in [2.75, 3.05) is 24.2 Å². The summed E-state index contributed by atoms with van der Waals surface area (Å²) in [6.07, 6.45) is 3.87. The van der Waals surface area contributed by atoms with Crippen molar-refractivity contribution < 1.29 is 9.53 Å². The largest absolute Gasteiger partial charge is 0.466 e. The van der Waals surface area contributed by atoms with Crippen LogP contribution in [0.2, 0.25) is 0 Å². The molecule has 1 aromatic rings. The molecule has 0 amide bonds. The van der Waals surface area contributed by atoms with E-state index in [0.717, 1.165) is 30.8 Å². The summed E-state index contributed by atoms with van der Waals surface area (Å²) in [4.78, 5) is 15.6. The van der Waals surface area contributed by atoms with Crippen LogP contribution in [0.25, 0.3) is 0 Å². The van der Waals surface area contributed by atoms with Crippen LogP contribution in [0.15, 0.2) is 12.3 Å². The average molecular weight is 249 g/mol. The molecule has 98 valence electrons. The highest BCUT2D eigenvalue weighted by Gasteiger charge is 2.20. The van der Waals surface area contributed by atoms with Gasteiger partial charge in [-0.15, -0.1) is 0 Å². The number of nitrogens with zero attached hydrogens (tertiary/aromatic N) is 1. The Morgan fingerprint density at radius 3 is 3.28 bits per heavy atom. The van der Waals surface area contributed by atoms with Gasteiger partial charge in [0.1, 0.15) is 0 Å². The molecule has 0 aromatic carbocycles. The number of hydrogen-bond acceptors (Lipinski definition) is 5. The molecule has 5 nitrogen and oxygen atoms in total. The highest BCUT2D eigenvalue weighted by atomic mass is 16.5. The Morgan fingerprint density at radius 1 is 1.67 bits per heavy atom. The molecular formula is C13H19N3O2. The van der Waals surface area contributed by atoms with Gasteiger partial charge < -0.3 is 15.8 Å². The first-order chi connectivity index (χ1) is 8.69. The molecule has 3 N–H and O–H groups in total. The van der Waals surface area contributed by atoms with Crippen LogP contribution >= 0.6 is 0 Å². The standard InChI is InChI=1S/C13H19N3O2/c1-2-18-13(17)4-3-9-5-11-12(15-7-9)6-10(14)8-16-11/h6,8-9,15H,2-5,7,14H2,1H3. The smallest absolute Gasteiger partial charge is 0.305 e. The number of hydrogen-bond donors (Lipinski definition) is 2. The minimum absolute atomic E-state index is 0.117. The minimum Gasteiger partial charge on any atom is -0.466 e. The van der Waals surface area contributed by atoms with E-state index >= 15 is 0 Å². The lowest BCUT2D eigenvalue weighted by atomic mass is 9.93. The molecule has 0 saturated heterocycles. The molecule has 2 rings (SSSR count). The summed E-state index contributed by atoms with van der Waals surface area (Å²) in [6.45, 7) is 3.13. The van der Waals surface area contributed by atoms with Gasteiger partial charge in [-0.25, -0.2) is 0 Å². The van der Waals surface area contributed by atoms with Gasteiger partial charge >= 0.3 is 5.97 Å². The van der Waals surface area contributed by atoms with E-state index < -0.39 is 0 Å². The predicted octanol–water partition coefficient (Wildman–Crippen LogP) is 1.59. The molecule has 0 aliphatic carbocycles. The van der Waals surface area contributed by atoms with Crippen molar-refractivity contribution in [3.05, 3.63) is 18.0 Å². The number of ether oxygens (including phenoxy) is 1. The molecule has 18 heavy (non-hydrogen) atoms. The summed E-state index contributed by atoms with van der Waals surface area (Å²) in [5, 5.41) is 3.31. The van der Waals surface area contributed by atoms with Crippen LogP contribution in [0.5, 0.6) is 0 Å². The normalized spacial score (nSPS) is 17.7. The summed E-state index contributed by atoms with van der Waals surface area (Å²) in [5.74, 6) is 0.312. The van der Waals surface area contributed by atoms with Gasteiger partial charge in [0.25, 0.3) is 0 Å². The molecule has 1 aromatic heterocycles. The molecule has 1 unspecified atom stereocenters. The van der Waals surface area contributed by atoms with Gasteiger partial charge in [-0.1, -0.05) is 0 Å². The van der Waals surface area contributed by atoms with Crippen LogP contribution in [0.1, 0.15) is 25.5 Å². The predicted molar refractivity (Wildman–Crippen MR) is 70.2 cm³/mol. The van der Waals surface area contributed by atoms with Gasteiger partial charge in [0.05, 0.1) is 29.9 Å². The Morgan fingerprint density at radius 2 is 2.50 bits per heavy atom. The molecule has 1 atom stereocenters. The molecule has 0 spiro atoms. The third-order valence-corrected chi connectivity index (χ3v) is 3.12. The molecule has 0 saturated carbocycles. The van der Waals surface area contributed by atoms with Crippen LogP contribution in [0.4, 0.5) is 11.4 Å². The van der Waals surface area contributed by atoms with E-state index in [-0.39, 0.29) is 5.97 Å². The lowest BCUT2D eigenvalue weighted by Gasteiger charge is -2.25. The zero-order valence-corrected chi connectivity index (χ0v) is 10.6. The molecular weight excluding hydrogens is 230 g/mol. The monoisotopic (exact) mass is 249 g/mol. The number of nitrogens with two attached hydrogens (primary N) is 1. The van der Waals surface area contributed by atoms with Crippen LogP contribution < -0.4 is 11.1 Å². The number of pyridine rings is 1. The number of esters is 1. The van der Waals surface area contributed by atoms with E-state index in [4.69, 9.17) is 10.5 Å². The number of rotatable bonds is 4. The molecule has 5 heteroatoms. The summed E-state index contributed by atoms with van der Waals surface area (Å²) >= 11 is 0. The third kappa shape index (κ3) is 3.12. The zero-order valence-electron chi connectivity index (χ0n) is 10.6. The fourth-order valence-electron chi connectivity index (χ4n) is 2.18. The molecule has 1 aliphatic heterocycles. The van der Waals surface area contributed by atoms with Crippen LogP contribution in [-0.2, 0) is 16.0 Å². The Labute approximate surface area is 107 Å². The van der Waals surface area contributed by atoms with Crippen molar-refractivity contribution in [1.82, 2.24) is 4.98 Å². The maximum Gasteiger partial charge on any atom is 0.305 e. The summed E-state index contributed by atoms with van der Waals surface area (Å²) in [6, 6.07) is 1.91. The van der Waals surface area contributed by atoms with Crippen LogP contribution in [0.3, 0.4) is 0 Å². The number of carbonyl (C=O) groups excluding carboxylic acids is 1. The van der Waals surface area contributed by atoms with E-state index in [1.807, 2.05) is 13.0 Å². The van der Waals surface area contributed by atoms with E-state index in [1.54, 1.807) is 6.20 Å². The third-order valence-electron chi connectivity index (χ3n) is 3.12. The van der Waals surface area contributed by atoms with Gasteiger partial charge in [-0.05, 0) is 31.7 Å². The summed E-state index contributed by atoms with van der Waals surface area (Å²) in [7, 11) is 0. The molecule has 0 radical (unpaired) electrons. The number of anilines is 2. The highest BCUT2D eigenvalue weighted by Crippen LogP contribution is 2.26. The Balaban J connectivity index is 1.88. The second-order valence-electron chi connectivity index (χ2n) is 4.56. The Bertz CT molecular complexity index is 434. The van der Waals surface area contributed by atoms with E-state index in [0.29, 0.717) is 24.6 Å². The molecule has 2 heterocycles. The van der Waals surface area contributed by atoms with E-state index in [1.165, 1.54) is 0 Å². The number of fused-ring (bicyclic) bond motifs is 1. The molecule has 0 bridgehead atoms. The Kier molecular flexibility index (Phi) is 4.02. The van der Waals surface area contributed by atoms with Crippen LogP contribution in [-0.4, -0.2) is 24.1 Å². The maximum absolute atomic E-state index is 11.3. The van der Waals surface area contributed by atoms with Gasteiger partial charge in [-0.3, -0.25) is 9.78 Å². The molecule has 0 fully saturated rings. The number of aromatic nitrogens is 1. The quantitative estimate of drug-likeness (QED) is 0.792. The summed E-state index contributed by atoms with van der Waals surface area (Å²) < 4.78 is 4.93. The number of nitrogen functional groups attached to an aromatic ring is 1. The first-order valence-electron chi connectivity index (χ1n) is 6.33.